The third kappa shape index (κ3) is 1.49. The van der Waals surface area contributed by atoms with E-state index in [4.69, 9.17) is 9.84 Å². The molecule has 3 heteroatoms. The van der Waals surface area contributed by atoms with Crippen LogP contribution in [0.5, 0.6) is 0 Å². The predicted molar refractivity (Wildman–Crippen MR) is 46.0 cm³/mol. The summed E-state index contributed by atoms with van der Waals surface area (Å²) in [7, 11) is 0. The molecule has 3 atom stereocenters. The van der Waals surface area contributed by atoms with Crippen molar-refractivity contribution in [3.8, 4) is 0 Å². The van der Waals surface area contributed by atoms with Gasteiger partial charge in [-0.15, -0.1) is 0 Å². The summed E-state index contributed by atoms with van der Waals surface area (Å²) in [6.45, 7) is 2.11. The van der Waals surface area contributed by atoms with Gasteiger partial charge in [-0.25, -0.2) is 0 Å². The average Bonchev–Trinajstić information content (AvgIpc) is 2.33. The zero-order valence-corrected chi connectivity index (χ0v) is 7.33. The van der Waals surface area contributed by atoms with E-state index in [1.54, 1.807) is 0 Å². The van der Waals surface area contributed by atoms with Crippen molar-refractivity contribution >= 4 is 0 Å². The van der Waals surface area contributed by atoms with Crippen LogP contribution in [0, 0.1) is 5.92 Å². The van der Waals surface area contributed by atoms with Gasteiger partial charge in [0.25, 0.3) is 0 Å². The molecule has 2 saturated heterocycles. The van der Waals surface area contributed by atoms with Crippen molar-refractivity contribution in [2.24, 2.45) is 5.92 Å². The molecule has 0 amide bonds. The lowest BCUT2D eigenvalue weighted by Gasteiger charge is -2.20. The maximum Gasteiger partial charge on any atom is 0.0790 e. The predicted octanol–water partition coefficient (Wildman–Crippen LogP) is 0.136. The van der Waals surface area contributed by atoms with Gasteiger partial charge in [0.1, 0.15) is 0 Å². The molecule has 2 heterocycles. The molecular weight excluding hydrogens is 154 g/mol. The molecule has 0 aromatic rings. The summed E-state index contributed by atoms with van der Waals surface area (Å²) in [6.07, 6.45) is 4.00. The van der Waals surface area contributed by atoms with Crippen LogP contribution in [0.25, 0.3) is 0 Å². The zero-order valence-electron chi connectivity index (χ0n) is 7.33. The van der Waals surface area contributed by atoms with Crippen LogP contribution in [0.1, 0.15) is 19.3 Å². The van der Waals surface area contributed by atoms with Gasteiger partial charge in [-0.3, -0.25) is 0 Å². The van der Waals surface area contributed by atoms with Crippen LogP contribution in [-0.2, 0) is 4.74 Å². The lowest BCUT2D eigenvalue weighted by atomic mass is 9.97. The molecule has 2 rings (SSSR count). The molecule has 2 aliphatic heterocycles. The minimum absolute atomic E-state index is 0.188. The summed E-state index contributed by atoms with van der Waals surface area (Å²) in [5.41, 5.74) is 0. The van der Waals surface area contributed by atoms with E-state index in [9.17, 15) is 0 Å². The molecule has 0 spiro atoms. The summed E-state index contributed by atoms with van der Waals surface area (Å²) in [4.78, 5) is 0. The van der Waals surface area contributed by atoms with Crippen molar-refractivity contribution in [1.29, 1.82) is 0 Å². The lowest BCUT2D eigenvalue weighted by Crippen LogP contribution is -2.36. The topological polar surface area (TPSA) is 41.5 Å². The maximum atomic E-state index is 9.05. The zero-order chi connectivity index (χ0) is 8.39. The first kappa shape index (κ1) is 8.48. The van der Waals surface area contributed by atoms with Crippen molar-refractivity contribution in [3.63, 3.8) is 0 Å². The normalized spacial score (nSPS) is 42.2. The van der Waals surface area contributed by atoms with Crippen molar-refractivity contribution in [2.45, 2.75) is 31.4 Å². The van der Waals surface area contributed by atoms with E-state index in [0.29, 0.717) is 5.92 Å². The molecule has 2 N–H and O–H groups in total. The summed E-state index contributed by atoms with van der Waals surface area (Å²) < 4.78 is 5.71. The van der Waals surface area contributed by atoms with Crippen LogP contribution in [0.2, 0.25) is 0 Å². The number of ether oxygens (including phenoxy) is 1. The molecule has 0 bridgehead atoms. The number of hydrogen-bond donors (Lipinski definition) is 2. The Morgan fingerprint density at radius 1 is 1.42 bits per heavy atom. The smallest absolute Gasteiger partial charge is 0.0790 e. The van der Waals surface area contributed by atoms with E-state index >= 15 is 0 Å². The second kappa shape index (κ2) is 3.73. The molecule has 0 radical (unpaired) electrons. The Morgan fingerprint density at radius 3 is 3.17 bits per heavy atom. The molecule has 2 aliphatic rings. The molecule has 0 aliphatic carbocycles. The highest BCUT2D eigenvalue weighted by Gasteiger charge is 2.36. The Balaban J connectivity index is 1.99. The molecular formula is C9H17NO2. The summed E-state index contributed by atoms with van der Waals surface area (Å²) in [6, 6.07) is 0.188. The molecule has 12 heavy (non-hydrogen) atoms. The molecule has 0 aromatic heterocycles. The van der Waals surface area contributed by atoms with Crippen LogP contribution in [0.3, 0.4) is 0 Å². The summed E-state index contributed by atoms with van der Waals surface area (Å²) >= 11 is 0. The molecule has 0 saturated carbocycles. The first-order valence-corrected chi connectivity index (χ1v) is 4.87. The number of nitrogens with one attached hydrogen (secondary N) is 1. The third-order valence-electron chi connectivity index (χ3n) is 2.98. The minimum Gasteiger partial charge on any atom is -0.395 e. The first-order chi connectivity index (χ1) is 5.92. The van der Waals surface area contributed by atoms with Crippen LogP contribution in [0.15, 0.2) is 0 Å². The number of aliphatic hydroxyl groups excluding tert-OH is 1. The molecule has 3 nitrogen and oxygen atoms in total. The average molecular weight is 171 g/mol. The Morgan fingerprint density at radius 2 is 2.33 bits per heavy atom. The van der Waals surface area contributed by atoms with Crippen molar-refractivity contribution in [1.82, 2.24) is 5.32 Å². The summed E-state index contributed by atoms with van der Waals surface area (Å²) in [5, 5.41) is 12.4. The monoisotopic (exact) mass is 171 g/mol. The highest BCUT2D eigenvalue weighted by atomic mass is 16.5. The standard InChI is InChI=1S/C9H17NO2/c11-6-8-9-7(5-10-8)3-1-2-4-12-9/h7-11H,1-6H2. The van der Waals surface area contributed by atoms with E-state index in [1.807, 2.05) is 0 Å². The summed E-state index contributed by atoms with van der Waals surface area (Å²) in [5.74, 6) is 0.643. The van der Waals surface area contributed by atoms with Gasteiger partial charge >= 0.3 is 0 Å². The van der Waals surface area contributed by atoms with Crippen LogP contribution < -0.4 is 5.32 Å². The van der Waals surface area contributed by atoms with Crippen LogP contribution in [-0.4, -0.2) is 37.0 Å². The lowest BCUT2D eigenvalue weighted by molar-refractivity contribution is 0.0170. The largest absolute Gasteiger partial charge is 0.395 e. The number of aliphatic hydroxyl groups is 1. The van der Waals surface area contributed by atoms with Crippen LogP contribution >= 0.6 is 0 Å². The van der Waals surface area contributed by atoms with Crippen molar-refractivity contribution < 1.29 is 9.84 Å². The highest BCUT2D eigenvalue weighted by Crippen LogP contribution is 2.26. The van der Waals surface area contributed by atoms with Gasteiger partial charge in [0.2, 0.25) is 0 Å². The van der Waals surface area contributed by atoms with E-state index in [1.165, 1.54) is 19.3 Å². The van der Waals surface area contributed by atoms with Gasteiger partial charge in [-0.2, -0.15) is 0 Å². The van der Waals surface area contributed by atoms with E-state index in [-0.39, 0.29) is 18.8 Å². The van der Waals surface area contributed by atoms with Gasteiger partial charge in [0.15, 0.2) is 0 Å². The van der Waals surface area contributed by atoms with E-state index in [0.717, 1.165) is 13.2 Å². The Hall–Kier alpha value is -0.120. The van der Waals surface area contributed by atoms with E-state index < -0.39 is 0 Å². The third-order valence-corrected chi connectivity index (χ3v) is 2.98. The van der Waals surface area contributed by atoms with Gasteiger partial charge in [0, 0.05) is 13.2 Å². The molecule has 3 unspecified atom stereocenters. The van der Waals surface area contributed by atoms with Crippen molar-refractivity contribution in [2.75, 3.05) is 19.8 Å². The second-order valence-electron chi connectivity index (χ2n) is 3.79. The van der Waals surface area contributed by atoms with Crippen LogP contribution in [0.4, 0.5) is 0 Å². The van der Waals surface area contributed by atoms with Gasteiger partial charge < -0.3 is 15.2 Å². The Labute approximate surface area is 73.1 Å². The first-order valence-electron chi connectivity index (χ1n) is 4.87. The van der Waals surface area contributed by atoms with Gasteiger partial charge in [0.05, 0.1) is 18.8 Å². The van der Waals surface area contributed by atoms with E-state index in [2.05, 4.69) is 5.32 Å². The van der Waals surface area contributed by atoms with Gasteiger partial charge in [-0.05, 0) is 18.8 Å². The SMILES string of the molecule is OCC1NCC2CCCCOC21. The second-order valence-corrected chi connectivity index (χ2v) is 3.79. The van der Waals surface area contributed by atoms with Gasteiger partial charge in [-0.1, -0.05) is 6.42 Å². The quantitative estimate of drug-likeness (QED) is 0.589. The molecule has 70 valence electrons. The molecule has 2 fully saturated rings. The number of rotatable bonds is 1. The highest BCUT2D eigenvalue weighted by molar-refractivity contribution is 4.92. The fourth-order valence-corrected chi connectivity index (χ4v) is 2.28. The minimum atomic E-state index is 0.188. The maximum absolute atomic E-state index is 9.05. The number of hydrogen-bond acceptors (Lipinski definition) is 3. The fraction of sp³-hybridized carbons (Fsp3) is 1.00. The Kier molecular flexibility index (Phi) is 2.63. The van der Waals surface area contributed by atoms with Crippen molar-refractivity contribution in [3.05, 3.63) is 0 Å². The Bertz CT molecular complexity index is 151. The number of fused-ring (bicyclic) bond motifs is 1. The fourth-order valence-electron chi connectivity index (χ4n) is 2.28. The molecule has 0 aromatic carbocycles.